The minimum atomic E-state index is -4.75. The van der Waals surface area contributed by atoms with E-state index in [2.05, 4.69) is 119 Å². The van der Waals surface area contributed by atoms with E-state index in [1.54, 1.807) is 0 Å². The van der Waals surface area contributed by atoms with E-state index in [9.17, 15) is 14.4 Å². The van der Waals surface area contributed by atoms with E-state index < -0.39 is 19.0 Å². The summed E-state index contributed by atoms with van der Waals surface area (Å²) in [6, 6.07) is 12.7. The Hall–Kier alpha value is 0.160. The molecule has 0 bridgehead atoms. The van der Waals surface area contributed by atoms with Gasteiger partial charge in [0, 0.05) is 9.79 Å². The number of hydrogen-bond acceptors (Lipinski definition) is 2. The normalized spacial score (nSPS) is 13.9. The fraction of sp³-hybridized carbons (Fsp3) is 0.571. The summed E-state index contributed by atoms with van der Waals surface area (Å²) in [5.41, 5.74) is 4.01. The van der Waals surface area contributed by atoms with Crippen molar-refractivity contribution in [3.63, 3.8) is 0 Å². The Morgan fingerprint density at radius 3 is 0.971 bits per heavy atom. The molecule has 2 rings (SSSR count). The summed E-state index contributed by atoms with van der Waals surface area (Å²) in [6.45, 7) is 25.9. The number of hydrogen-bond donors (Lipinski definition) is 3. The predicted octanol–water partition coefficient (Wildman–Crippen LogP) is 7.40. The molecule has 2 aromatic carbocycles. The van der Waals surface area contributed by atoms with Crippen LogP contribution in [0.3, 0.4) is 0 Å². The zero-order chi connectivity index (χ0) is 26.5. The summed E-state index contributed by atoms with van der Waals surface area (Å²) in [6.07, 6.45) is 0. The second kappa shape index (κ2) is 11.1. The third kappa shape index (κ3) is 9.45. The van der Waals surface area contributed by atoms with Crippen LogP contribution in [-0.4, -0.2) is 47.5 Å². The van der Waals surface area contributed by atoms with Gasteiger partial charge in [0.1, 0.15) is 0 Å². The molecule has 2 N–H and O–H groups in total. The average molecular weight is 551 g/mol. The first-order chi connectivity index (χ1) is 15.0. The average Bonchev–Trinajstić information content (AvgIpc) is 2.62. The molecule has 7 heteroatoms. The van der Waals surface area contributed by atoms with Crippen molar-refractivity contribution in [2.75, 3.05) is 0 Å². The van der Waals surface area contributed by atoms with Crippen LogP contribution in [-0.2, 0) is 30.2 Å². The molecule has 35 heavy (non-hydrogen) atoms. The van der Waals surface area contributed by atoms with Crippen molar-refractivity contribution in [2.24, 2.45) is 0 Å². The number of phosphoric acid groups is 1. The third-order valence-corrected chi connectivity index (χ3v) is 8.92. The standard InChI is InChI=1S/C28H45O4PS.Ca.2H/c1-25(2,3)19-13-20(26(4,5)6)16-23(15-19)34(32-33(29,30)31)24-17-21(27(7,8)9)14-22(18-24)28(10,11)12;;;/h13-18,34H,1-12H3,(H2,29,30,31);;;. The van der Waals surface area contributed by atoms with E-state index in [-0.39, 0.29) is 59.4 Å². The molecule has 0 heterocycles. The maximum absolute atomic E-state index is 12.2. The topological polar surface area (TPSA) is 66.8 Å². The van der Waals surface area contributed by atoms with Gasteiger partial charge in [-0.2, -0.15) is 0 Å². The first-order valence-electron chi connectivity index (χ1n) is 11.9. The van der Waals surface area contributed by atoms with Crippen LogP contribution in [0.5, 0.6) is 0 Å². The molecule has 0 aromatic heterocycles. The van der Waals surface area contributed by atoms with Gasteiger partial charge in [-0.05, 0) is 68.2 Å². The molecule has 0 saturated heterocycles. The first-order valence-corrected chi connectivity index (χ1v) is 14.6. The Bertz CT molecular complexity index is 940. The van der Waals surface area contributed by atoms with E-state index in [0.29, 0.717) is 0 Å². The van der Waals surface area contributed by atoms with Gasteiger partial charge in [-0.15, -0.1) is 0 Å². The van der Waals surface area contributed by atoms with Gasteiger partial charge in [0.05, 0.1) is 0 Å². The van der Waals surface area contributed by atoms with E-state index >= 15 is 0 Å². The molecule has 0 aliphatic carbocycles. The van der Waals surface area contributed by atoms with E-state index in [4.69, 9.17) is 3.97 Å². The van der Waals surface area contributed by atoms with Crippen LogP contribution in [0.4, 0.5) is 0 Å². The molecule has 0 spiro atoms. The molecular weight excluding hydrogens is 503 g/mol. The fourth-order valence-corrected chi connectivity index (χ4v) is 6.47. The summed E-state index contributed by atoms with van der Waals surface area (Å²) >= 11 is -1.76. The quantitative estimate of drug-likeness (QED) is 0.211. The van der Waals surface area contributed by atoms with Gasteiger partial charge in [0.2, 0.25) is 0 Å². The Morgan fingerprint density at radius 1 is 0.571 bits per heavy atom. The summed E-state index contributed by atoms with van der Waals surface area (Å²) in [4.78, 5) is 21.5. The SMILES string of the molecule is CC(C)(C)c1cc([SH](OP(=O)(O)O)c2cc(C(C)(C)C)cc(C(C)(C)C)c2)cc(C(C)(C)C)c1.[CaH2]. The molecule has 196 valence electrons. The van der Waals surface area contributed by atoms with Crippen molar-refractivity contribution in [3.05, 3.63) is 58.7 Å². The molecule has 0 unspecified atom stereocenters. The van der Waals surface area contributed by atoms with Crippen molar-refractivity contribution in [2.45, 2.75) is 115 Å². The van der Waals surface area contributed by atoms with Crippen LogP contribution in [0, 0.1) is 0 Å². The van der Waals surface area contributed by atoms with Gasteiger partial charge in [-0.1, -0.05) is 106 Å². The number of thiol groups is 1. The monoisotopic (exact) mass is 550 g/mol. The molecule has 0 saturated carbocycles. The van der Waals surface area contributed by atoms with Crippen LogP contribution in [0.15, 0.2) is 46.2 Å². The van der Waals surface area contributed by atoms with Crippen LogP contribution < -0.4 is 0 Å². The van der Waals surface area contributed by atoms with Crippen LogP contribution in [0.2, 0.25) is 0 Å². The molecule has 4 nitrogen and oxygen atoms in total. The molecule has 0 radical (unpaired) electrons. The Labute approximate surface area is 246 Å². The minimum absolute atomic E-state index is 0. The van der Waals surface area contributed by atoms with Crippen molar-refractivity contribution in [1.82, 2.24) is 0 Å². The Kier molecular flexibility index (Phi) is 10.5. The van der Waals surface area contributed by atoms with Gasteiger partial charge < -0.3 is 9.79 Å². The van der Waals surface area contributed by atoms with Crippen molar-refractivity contribution >= 4 is 56.7 Å². The number of rotatable bonds is 4. The summed E-state index contributed by atoms with van der Waals surface area (Å²) in [5, 5.41) is 0. The summed E-state index contributed by atoms with van der Waals surface area (Å²) < 4.78 is 17.8. The molecule has 2 aromatic rings. The van der Waals surface area contributed by atoms with E-state index in [0.717, 1.165) is 32.0 Å². The molecule has 0 fully saturated rings. The molecule has 0 aliphatic rings. The second-order valence-electron chi connectivity index (χ2n) is 13.4. The fourth-order valence-electron chi connectivity index (χ4n) is 3.54. The summed E-state index contributed by atoms with van der Waals surface area (Å²) in [5.74, 6) is 0. The Morgan fingerprint density at radius 2 is 0.800 bits per heavy atom. The van der Waals surface area contributed by atoms with E-state index in [1.807, 2.05) is 0 Å². The van der Waals surface area contributed by atoms with Crippen LogP contribution >= 0.6 is 19.0 Å². The van der Waals surface area contributed by atoms with E-state index in [1.165, 1.54) is 0 Å². The van der Waals surface area contributed by atoms with Gasteiger partial charge in [-0.3, -0.25) is 0 Å². The van der Waals surface area contributed by atoms with Crippen LogP contribution in [0.25, 0.3) is 0 Å². The second-order valence-corrected chi connectivity index (χ2v) is 16.7. The van der Waals surface area contributed by atoms with Crippen molar-refractivity contribution < 1.29 is 18.3 Å². The van der Waals surface area contributed by atoms with Crippen LogP contribution in [0.1, 0.15) is 105 Å². The molecular formula is C28H47CaO4PS. The Balaban J connectivity index is 0.00000612. The van der Waals surface area contributed by atoms with Gasteiger partial charge >= 0.3 is 45.6 Å². The number of benzene rings is 2. The zero-order valence-corrected chi connectivity index (χ0v) is 24.9. The third-order valence-electron chi connectivity index (χ3n) is 5.96. The van der Waals surface area contributed by atoms with Crippen molar-refractivity contribution in [1.29, 1.82) is 0 Å². The van der Waals surface area contributed by atoms with Crippen molar-refractivity contribution in [3.8, 4) is 0 Å². The maximum atomic E-state index is 12.2. The zero-order valence-electron chi connectivity index (χ0n) is 23.1. The van der Waals surface area contributed by atoms with Gasteiger partial charge in [-0.25, -0.2) is 8.54 Å². The van der Waals surface area contributed by atoms with Gasteiger partial charge in [0.15, 0.2) is 0 Å². The summed E-state index contributed by atoms with van der Waals surface area (Å²) in [7, 11) is -4.75. The van der Waals surface area contributed by atoms with Gasteiger partial charge in [0.25, 0.3) is 0 Å². The molecule has 0 aliphatic heterocycles. The molecule has 0 amide bonds. The first kappa shape index (κ1) is 33.2. The predicted molar refractivity (Wildman–Crippen MR) is 155 cm³/mol. The molecule has 0 atom stereocenters.